The van der Waals surface area contributed by atoms with Crippen molar-refractivity contribution in [2.24, 2.45) is 11.8 Å². The molecule has 0 heterocycles. The molecule has 1 saturated carbocycles. The summed E-state index contributed by atoms with van der Waals surface area (Å²) in [6.45, 7) is 4.48. The normalized spacial score (nSPS) is 20.8. The van der Waals surface area contributed by atoms with Crippen LogP contribution in [0.2, 0.25) is 0 Å². The summed E-state index contributed by atoms with van der Waals surface area (Å²) in [5.41, 5.74) is 0. The fourth-order valence-electron chi connectivity index (χ4n) is 2.91. The lowest BCUT2D eigenvalue weighted by molar-refractivity contribution is 0.102. The number of aliphatic hydroxyl groups is 1. The average molecular weight is 212 g/mol. The predicted molar refractivity (Wildman–Crippen MR) is 65.9 cm³/mol. The van der Waals surface area contributed by atoms with Crippen molar-refractivity contribution in [3.8, 4) is 0 Å². The Labute approximate surface area is 95.3 Å². The van der Waals surface area contributed by atoms with E-state index in [1.165, 1.54) is 44.9 Å². The van der Waals surface area contributed by atoms with E-state index in [1.807, 2.05) is 0 Å². The lowest BCUT2D eigenvalue weighted by Gasteiger charge is -2.25. The Morgan fingerprint density at radius 2 is 1.67 bits per heavy atom. The second-order valence-electron chi connectivity index (χ2n) is 5.31. The van der Waals surface area contributed by atoms with Gasteiger partial charge in [-0.1, -0.05) is 58.8 Å². The number of aliphatic hydroxyl groups excluding tert-OH is 1. The van der Waals surface area contributed by atoms with Gasteiger partial charge in [0.2, 0.25) is 0 Å². The number of rotatable bonds is 6. The maximum absolute atomic E-state index is 10.0. The van der Waals surface area contributed by atoms with Gasteiger partial charge in [-0.25, -0.2) is 0 Å². The fourth-order valence-corrected chi connectivity index (χ4v) is 2.91. The topological polar surface area (TPSA) is 20.2 Å². The Morgan fingerprint density at radius 3 is 2.20 bits per heavy atom. The molecule has 1 aliphatic rings. The van der Waals surface area contributed by atoms with E-state index in [4.69, 9.17) is 0 Å². The van der Waals surface area contributed by atoms with Crippen molar-refractivity contribution >= 4 is 0 Å². The fraction of sp³-hybridized carbons (Fsp3) is 1.00. The Morgan fingerprint density at radius 1 is 1.07 bits per heavy atom. The smallest absolute Gasteiger partial charge is 0.0545 e. The largest absolute Gasteiger partial charge is 0.393 e. The van der Waals surface area contributed by atoms with E-state index < -0.39 is 0 Å². The third-order valence-electron chi connectivity index (χ3n) is 4.09. The van der Waals surface area contributed by atoms with Crippen LogP contribution in [0.15, 0.2) is 0 Å². The van der Waals surface area contributed by atoms with Gasteiger partial charge in [0.1, 0.15) is 0 Å². The Balaban J connectivity index is 2.18. The molecule has 1 N–H and O–H groups in total. The summed E-state index contributed by atoms with van der Waals surface area (Å²) in [6.07, 6.45) is 11.4. The molecule has 1 rings (SSSR count). The molecule has 1 unspecified atom stereocenters. The van der Waals surface area contributed by atoms with Gasteiger partial charge in [-0.3, -0.25) is 0 Å². The van der Waals surface area contributed by atoms with Crippen LogP contribution in [0.4, 0.5) is 0 Å². The van der Waals surface area contributed by atoms with Crippen LogP contribution in [0.25, 0.3) is 0 Å². The van der Waals surface area contributed by atoms with Crippen LogP contribution in [0, 0.1) is 11.8 Å². The van der Waals surface area contributed by atoms with Crippen LogP contribution in [-0.4, -0.2) is 11.2 Å². The molecule has 0 aromatic carbocycles. The zero-order valence-electron chi connectivity index (χ0n) is 10.5. The molecule has 0 aromatic rings. The molecular weight excluding hydrogens is 184 g/mol. The minimum absolute atomic E-state index is 0.0296. The lowest BCUT2D eigenvalue weighted by atomic mass is 9.83. The van der Waals surface area contributed by atoms with Gasteiger partial charge in [-0.2, -0.15) is 0 Å². The highest BCUT2D eigenvalue weighted by atomic mass is 16.3. The molecule has 0 aromatic heterocycles. The van der Waals surface area contributed by atoms with Gasteiger partial charge in [-0.05, 0) is 24.7 Å². The highest BCUT2D eigenvalue weighted by molar-refractivity contribution is 4.71. The quantitative estimate of drug-likeness (QED) is 0.701. The summed E-state index contributed by atoms with van der Waals surface area (Å²) in [5.74, 6) is 1.56. The van der Waals surface area contributed by atoms with Crippen molar-refractivity contribution in [2.45, 2.75) is 77.7 Å². The molecule has 0 aliphatic heterocycles. The van der Waals surface area contributed by atoms with Crippen molar-refractivity contribution in [3.63, 3.8) is 0 Å². The number of hydrogen-bond acceptors (Lipinski definition) is 1. The van der Waals surface area contributed by atoms with Gasteiger partial charge >= 0.3 is 0 Å². The predicted octanol–water partition coefficient (Wildman–Crippen LogP) is 4.14. The molecule has 15 heavy (non-hydrogen) atoms. The Bertz CT molecular complexity index is 145. The molecule has 0 radical (unpaired) electrons. The van der Waals surface area contributed by atoms with Crippen LogP contribution in [0.3, 0.4) is 0 Å². The minimum atomic E-state index is -0.0296. The van der Waals surface area contributed by atoms with Gasteiger partial charge in [0.05, 0.1) is 6.10 Å². The first-order chi connectivity index (χ1) is 7.26. The first-order valence-corrected chi connectivity index (χ1v) is 6.94. The SMILES string of the molecule is CCC(CC)CC(O)CC1CCCCC1. The van der Waals surface area contributed by atoms with Gasteiger partial charge in [0.15, 0.2) is 0 Å². The average Bonchev–Trinajstić information content (AvgIpc) is 2.27. The summed E-state index contributed by atoms with van der Waals surface area (Å²) >= 11 is 0. The van der Waals surface area contributed by atoms with Crippen molar-refractivity contribution in [3.05, 3.63) is 0 Å². The second-order valence-corrected chi connectivity index (χ2v) is 5.31. The molecule has 1 atom stereocenters. The first kappa shape index (κ1) is 13.0. The molecule has 1 fully saturated rings. The molecular formula is C14H28O. The van der Waals surface area contributed by atoms with E-state index in [0.29, 0.717) is 0 Å². The zero-order valence-corrected chi connectivity index (χ0v) is 10.5. The van der Waals surface area contributed by atoms with E-state index in [1.54, 1.807) is 0 Å². The first-order valence-electron chi connectivity index (χ1n) is 6.94. The molecule has 1 aliphatic carbocycles. The van der Waals surface area contributed by atoms with Crippen molar-refractivity contribution in [1.82, 2.24) is 0 Å². The standard InChI is InChI=1S/C14H28O/c1-3-12(4-2)10-14(15)11-13-8-6-5-7-9-13/h12-15H,3-11H2,1-2H3. The third-order valence-corrected chi connectivity index (χ3v) is 4.09. The highest BCUT2D eigenvalue weighted by Crippen LogP contribution is 2.29. The minimum Gasteiger partial charge on any atom is -0.393 e. The van der Waals surface area contributed by atoms with Crippen LogP contribution in [0.5, 0.6) is 0 Å². The van der Waals surface area contributed by atoms with Gasteiger partial charge < -0.3 is 5.11 Å². The van der Waals surface area contributed by atoms with Crippen molar-refractivity contribution < 1.29 is 5.11 Å². The summed E-state index contributed by atoms with van der Waals surface area (Å²) in [6, 6.07) is 0. The molecule has 0 spiro atoms. The maximum Gasteiger partial charge on any atom is 0.0545 e. The summed E-state index contributed by atoms with van der Waals surface area (Å²) < 4.78 is 0. The Hall–Kier alpha value is -0.0400. The third kappa shape index (κ3) is 5.01. The lowest BCUT2D eigenvalue weighted by Crippen LogP contribution is -2.19. The highest BCUT2D eigenvalue weighted by Gasteiger charge is 2.19. The van der Waals surface area contributed by atoms with Gasteiger partial charge in [0.25, 0.3) is 0 Å². The van der Waals surface area contributed by atoms with E-state index in [0.717, 1.165) is 24.7 Å². The molecule has 0 bridgehead atoms. The van der Waals surface area contributed by atoms with Crippen LogP contribution in [0.1, 0.15) is 71.6 Å². The van der Waals surface area contributed by atoms with Gasteiger partial charge in [-0.15, -0.1) is 0 Å². The molecule has 1 nitrogen and oxygen atoms in total. The molecule has 1 heteroatoms. The van der Waals surface area contributed by atoms with Crippen LogP contribution < -0.4 is 0 Å². The summed E-state index contributed by atoms with van der Waals surface area (Å²) in [5, 5.41) is 10.0. The molecule has 0 amide bonds. The number of hydrogen-bond donors (Lipinski definition) is 1. The van der Waals surface area contributed by atoms with E-state index >= 15 is 0 Å². The zero-order chi connectivity index (χ0) is 11.1. The summed E-state index contributed by atoms with van der Waals surface area (Å²) in [4.78, 5) is 0. The summed E-state index contributed by atoms with van der Waals surface area (Å²) in [7, 11) is 0. The van der Waals surface area contributed by atoms with Crippen molar-refractivity contribution in [1.29, 1.82) is 0 Å². The second kappa shape index (κ2) is 7.27. The maximum atomic E-state index is 10.0. The Kier molecular flexibility index (Phi) is 6.31. The van der Waals surface area contributed by atoms with Gasteiger partial charge in [0, 0.05) is 0 Å². The van der Waals surface area contributed by atoms with E-state index in [2.05, 4.69) is 13.8 Å². The molecule has 90 valence electrons. The van der Waals surface area contributed by atoms with Crippen LogP contribution in [-0.2, 0) is 0 Å². The van der Waals surface area contributed by atoms with E-state index in [-0.39, 0.29) is 6.10 Å². The molecule has 0 saturated heterocycles. The van der Waals surface area contributed by atoms with Crippen molar-refractivity contribution in [2.75, 3.05) is 0 Å². The van der Waals surface area contributed by atoms with E-state index in [9.17, 15) is 5.11 Å². The van der Waals surface area contributed by atoms with Crippen LogP contribution >= 0.6 is 0 Å². The monoisotopic (exact) mass is 212 g/mol.